The number of fused-ring (bicyclic) bond motifs is 1. The van der Waals surface area contributed by atoms with Gasteiger partial charge in [-0.25, -0.2) is 0 Å². The smallest absolute Gasteiger partial charge is 0.0484 e. The lowest BCUT2D eigenvalue weighted by atomic mass is 10.2. The summed E-state index contributed by atoms with van der Waals surface area (Å²) in [6, 6.07) is 9.63. The van der Waals surface area contributed by atoms with E-state index in [-0.39, 0.29) is 0 Å². The molecule has 2 aromatic rings. The van der Waals surface area contributed by atoms with Gasteiger partial charge in [0.1, 0.15) is 0 Å². The Hall–Kier alpha value is -1.32. The number of aromatic nitrogens is 1. The number of nitrogens with zero attached hydrogens (tertiary/aromatic N) is 2. The van der Waals surface area contributed by atoms with Crippen LogP contribution in [0.2, 0.25) is 0 Å². The molecular weight excluding hydrogens is 258 g/mol. The van der Waals surface area contributed by atoms with E-state index in [2.05, 4.69) is 45.2 Å². The van der Waals surface area contributed by atoms with Crippen molar-refractivity contribution >= 4 is 10.9 Å². The normalized spacial score (nSPS) is 19.6. The highest BCUT2D eigenvalue weighted by Crippen LogP contribution is 2.24. The van der Waals surface area contributed by atoms with Gasteiger partial charge in [-0.2, -0.15) is 0 Å². The lowest BCUT2D eigenvalue weighted by Crippen LogP contribution is -2.23. The van der Waals surface area contributed by atoms with Gasteiger partial charge in [0.05, 0.1) is 0 Å². The zero-order valence-electron chi connectivity index (χ0n) is 12.7. The Morgan fingerprint density at radius 3 is 2.67 bits per heavy atom. The molecule has 21 heavy (non-hydrogen) atoms. The van der Waals surface area contributed by atoms with Crippen LogP contribution in [0.25, 0.3) is 10.9 Å². The molecule has 2 aliphatic rings. The highest BCUT2D eigenvalue weighted by molar-refractivity contribution is 5.83. The largest absolute Gasteiger partial charge is 0.346 e. The second-order valence-corrected chi connectivity index (χ2v) is 6.57. The maximum atomic E-state index is 3.65. The lowest BCUT2D eigenvalue weighted by molar-refractivity contribution is 0.324. The van der Waals surface area contributed by atoms with Crippen LogP contribution in [0, 0.1) is 0 Å². The molecule has 1 N–H and O–H groups in total. The summed E-state index contributed by atoms with van der Waals surface area (Å²) in [7, 11) is 0. The second kappa shape index (κ2) is 5.82. The summed E-state index contributed by atoms with van der Waals surface area (Å²) < 4.78 is 2.46. The van der Waals surface area contributed by atoms with E-state index < -0.39 is 0 Å². The average Bonchev–Trinajstić information content (AvgIpc) is 3.08. The minimum atomic E-state index is 0.775. The molecule has 1 aliphatic heterocycles. The minimum Gasteiger partial charge on any atom is -0.346 e. The zero-order chi connectivity index (χ0) is 14.1. The number of rotatable bonds is 6. The van der Waals surface area contributed by atoms with Crippen LogP contribution in [0.1, 0.15) is 31.2 Å². The third kappa shape index (κ3) is 2.99. The monoisotopic (exact) mass is 283 g/mol. The molecule has 3 nitrogen and oxygen atoms in total. The molecule has 0 unspecified atom stereocenters. The standard InChI is InChI=1S/C18H25N3/c1-2-6-18-17(5-1)15(13-19-16-7-8-16)14-21(18)12-11-20-9-3-4-10-20/h1-2,5-6,14,16,19H,3-4,7-13H2. The third-order valence-electron chi connectivity index (χ3n) is 4.89. The lowest BCUT2D eigenvalue weighted by Gasteiger charge is -2.15. The molecule has 0 spiro atoms. The summed E-state index contributed by atoms with van der Waals surface area (Å²) in [5.74, 6) is 0. The van der Waals surface area contributed by atoms with Gasteiger partial charge >= 0.3 is 0 Å². The van der Waals surface area contributed by atoms with Crippen LogP contribution in [0.5, 0.6) is 0 Å². The number of hydrogen-bond donors (Lipinski definition) is 1. The van der Waals surface area contributed by atoms with Gasteiger partial charge in [-0.1, -0.05) is 18.2 Å². The van der Waals surface area contributed by atoms with Crippen molar-refractivity contribution in [2.45, 2.75) is 44.8 Å². The van der Waals surface area contributed by atoms with Gasteiger partial charge in [0.15, 0.2) is 0 Å². The molecule has 3 heteroatoms. The van der Waals surface area contributed by atoms with Crippen LogP contribution in [0.15, 0.2) is 30.5 Å². The van der Waals surface area contributed by atoms with E-state index in [1.807, 2.05) is 0 Å². The van der Waals surface area contributed by atoms with E-state index in [9.17, 15) is 0 Å². The Balaban J connectivity index is 1.52. The number of benzene rings is 1. The first-order valence-electron chi connectivity index (χ1n) is 8.43. The van der Waals surface area contributed by atoms with Crippen molar-refractivity contribution in [2.75, 3.05) is 19.6 Å². The number of para-hydroxylation sites is 1. The SMILES string of the molecule is c1ccc2c(c1)c(CNC1CC1)cn2CCN1CCCC1. The molecule has 0 atom stereocenters. The molecular formula is C18H25N3. The molecule has 1 aromatic carbocycles. The Bertz CT molecular complexity index is 606. The molecule has 0 bridgehead atoms. The van der Waals surface area contributed by atoms with Crippen molar-refractivity contribution in [2.24, 2.45) is 0 Å². The van der Waals surface area contributed by atoms with E-state index in [4.69, 9.17) is 0 Å². The van der Waals surface area contributed by atoms with Crippen LogP contribution in [0.3, 0.4) is 0 Å². The molecule has 1 saturated carbocycles. The minimum absolute atomic E-state index is 0.775. The van der Waals surface area contributed by atoms with Gasteiger partial charge < -0.3 is 14.8 Å². The highest BCUT2D eigenvalue weighted by atomic mass is 15.2. The molecule has 0 amide bonds. The van der Waals surface area contributed by atoms with Crippen molar-refractivity contribution < 1.29 is 0 Å². The van der Waals surface area contributed by atoms with Gasteiger partial charge in [0, 0.05) is 42.8 Å². The van der Waals surface area contributed by atoms with Crippen molar-refractivity contribution in [3.63, 3.8) is 0 Å². The summed E-state index contributed by atoms with van der Waals surface area (Å²) in [6.45, 7) is 5.89. The molecule has 2 fully saturated rings. The fraction of sp³-hybridized carbons (Fsp3) is 0.556. The summed E-state index contributed by atoms with van der Waals surface area (Å²) in [5, 5.41) is 5.08. The highest BCUT2D eigenvalue weighted by Gasteiger charge is 2.21. The molecule has 1 aromatic heterocycles. The van der Waals surface area contributed by atoms with Crippen LogP contribution in [-0.2, 0) is 13.1 Å². The number of likely N-dealkylation sites (tertiary alicyclic amines) is 1. The first-order valence-corrected chi connectivity index (χ1v) is 8.43. The van der Waals surface area contributed by atoms with Crippen LogP contribution in [-0.4, -0.2) is 35.1 Å². The van der Waals surface area contributed by atoms with Crippen molar-refractivity contribution in [1.82, 2.24) is 14.8 Å². The van der Waals surface area contributed by atoms with Crippen molar-refractivity contribution in [3.8, 4) is 0 Å². The Morgan fingerprint density at radius 1 is 1.05 bits per heavy atom. The first-order chi connectivity index (χ1) is 10.4. The van der Waals surface area contributed by atoms with Crippen molar-refractivity contribution in [3.05, 3.63) is 36.0 Å². The number of nitrogens with one attached hydrogen (secondary N) is 1. The summed E-state index contributed by atoms with van der Waals surface area (Å²) in [5.41, 5.74) is 2.85. The maximum Gasteiger partial charge on any atom is 0.0484 e. The fourth-order valence-electron chi connectivity index (χ4n) is 3.45. The molecule has 4 rings (SSSR count). The predicted octanol–water partition coefficient (Wildman–Crippen LogP) is 2.99. The second-order valence-electron chi connectivity index (χ2n) is 6.57. The fourth-order valence-corrected chi connectivity index (χ4v) is 3.45. The van der Waals surface area contributed by atoms with E-state index in [0.29, 0.717) is 0 Å². The summed E-state index contributed by atoms with van der Waals surface area (Å²) in [6.07, 6.45) is 7.84. The van der Waals surface area contributed by atoms with Gasteiger partial charge in [-0.3, -0.25) is 0 Å². The quantitative estimate of drug-likeness (QED) is 0.879. The van der Waals surface area contributed by atoms with E-state index in [0.717, 1.165) is 19.1 Å². The van der Waals surface area contributed by atoms with Gasteiger partial charge in [-0.05, 0) is 50.4 Å². The zero-order valence-corrected chi connectivity index (χ0v) is 12.7. The molecule has 2 heterocycles. The van der Waals surface area contributed by atoms with Gasteiger partial charge in [0.2, 0.25) is 0 Å². The van der Waals surface area contributed by atoms with Crippen molar-refractivity contribution in [1.29, 1.82) is 0 Å². The van der Waals surface area contributed by atoms with Gasteiger partial charge in [0.25, 0.3) is 0 Å². The third-order valence-corrected chi connectivity index (χ3v) is 4.89. The van der Waals surface area contributed by atoms with E-state index in [1.54, 1.807) is 0 Å². The predicted molar refractivity (Wildman–Crippen MR) is 87.5 cm³/mol. The number of hydrogen-bond acceptors (Lipinski definition) is 2. The molecule has 1 saturated heterocycles. The van der Waals surface area contributed by atoms with Crippen LogP contribution in [0.4, 0.5) is 0 Å². The Labute approximate surface area is 126 Å². The van der Waals surface area contributed by atoms with E-state index in [1.165, 1.54) is 61.8 Å². The first kappa shape index (κ1) is 13.4. The molecule has 112 valence electrons. The molecule has 0 radical (unpaired) electrons. The van der Waals surface area contributed by atoms with Crippen LogP contribution >= 0.6 is 0 Å². The average molecular weight is 283 g/mol. The topological polar surface area (TPSA) is 20.2 Å². The van der Waals surface area contributed by atoms with Gasteiger partial charge in [-0.15, -0.1) is 0 Å². The summed E-state index contributed by atoms with van der Waals surface area (Å²) in [4.78, 5) is 2.59. The Kier molecular flexibility index (Phi) is 3.70. The summed E-state index contributed by atoms with van der Waals surface area (Å²) >= 11 is 0. The van der Waals surface area contributed by atoms with Crippen LogP contribution < -0.4 is 5.32 Å². The van der Waals surface area contributed by atoms with E-state index >= 15 is 0 Å². The maximum absolute atomic E-state index is 3.65. The molecule has 1 aliphatic carbocycles. The Morgan fingerprint density at radius 2 is 1.86 bits per heavy atom.